The van der Waals surface area contributed by atoms with E-state index in [2.05, 4.69) is 25.4 Å². The number of aromatic amines is 1. The van der Waals surface area contributed by atoms with E-state index in [0.29, 0.717) is 5.89 Å². The molecule has 3 rings (SSSR count). The van der Waals surface area contributed by atoms with E-state index in [1.807, 2.05) is 0 Å². The zero-order valence-corrected chi connectivity index (χ0v) is 7.40. The van der Waals surface area contributed by atoms with Gasteiger partial charge in [-0.15, -0.1) is 0 Å². The molecule has 1 atom stereocenters. The van der Waals surface area contributed by atoms with Crippen LogP contribution in [0.3, 0.4) is 0 Å². The van der Waals surface area contributed by atoms with Crippen molar-refractivity contribution in [3.05, 3.63) is 29.9 Å². The first-order valence-corrected chi connectivity index (χ1v) is 4.44. The Morgan fingerprint density at radius 1 is 1.43 bits per heavy atom. The van der Waals surface area contributed by atoms with Gasteiger partial charge in [0, 0.05) is 13.0 Å². The summed E-state index contributed by atoms with van der Waals surface area (Å²) >= 11 is 0. The average molecular weight is 191 g/mol. The highest BCUT2D eigenvalue weighted by atomic mass is 16.5. The zero-order chi connectivity index (χ0) is 9.38. The fourth-order valence-corrected chi connectivity index (χ4v) is 1.68. The number of aromatic nitrogens is 4. The Morgan fingerprint density at radius 2 is 2.43 bits per heavy atom. The molecule has 0 fully saturated rings. The van der Waals surface area contributed by atoms with E-state index in [0.717, 1.165) is 24.4 Å². The Morgan fingerprint density at radius 3 is 3.29 bits per heavy atom. The molecule has 14 heavy (non-hydrogen) atoms. The molecule has 0 aromatic carbocycles. The molecule has 6 heteroatoms. The number of hydrogen-bond donors (Lipinski definition) is 2. The number of rotatable bonds is 1. The normalized spacial score (nSPS) is 20.7. The van der Waals surface area contributed by atoms with Crippen LogP contribution in [0, 0.1) is 0 Å². The molecule has 2 aromatic rings. The summed E-state index contributed by atoms with van der Waals surface area (Å²) in [5, 5.41) is 6.88. The Kier molecular flexibility index (Phi) is 1.60. The minimum Gasteiger partial charge on any atom is -0.347 e. The number of H-pyrrole nitrogens is 1. The van der Waals surface area contributed by atoms with Crippen LogP contribution >= 0.6 is 0 Å². The molecular formula is C8H9N5O. The quantitative estimate of drug-likeness (QED) is 0.672. The van der Waals surface area contributed by atoms with Crippen LogP contribution in [0.15, 0.2) is 17.2 Å². The first kappa shape index (κ1) is 7.69. The third kappa shape index (κ3) is 1.12. The SMILES string of the molecule is c1noc(C2Cc3nc[nH]c3CN2)n1. The van der Waals surface area contributed by atoms with Gasteiger partial charge in [0.2, 0.25) is 5.89 Å². The van der Waals surface area contributed by atoms with Crippen molar-refractivity contribution in [2.45, 2.75) is 19.0 Å². The van der Waals surface area contributed by atoms with Crippen LogP contribution in [0.25, 0.3) is 0 Å². The largest absolute Gasteiger partial charge is 0.347 e. The predicted octanol–water partition coefficient (Wildman–Crippen LogP) is 0.180. The first-order valence-electron chi connectivity index (χ1n) is 4.44. The predicted molar refractivity (Wildman–Crippen MR) is 46.2 cm³/mol. The van der Waals surface area contributed by atoms with E-state index in [1.54, 1.807) is 6.33 Å². The van der Waals surface area contributed by atoms with Gasteiger partial charge in [-0.2, -0.15) is 4.98 Å². The van der Waals surface area contributed by atoms with Crippen LogP contribution in [-0.4, -0.2) is 20.1 Å². The van der Waals surface area contributed by atoms with Gasteiger partial charge in [-0.3, -0.25) is 5.32 Å². The highest BCUT2D eigenvalue weighted by Gasteiger charge is 2.24. The second-order valence-corrected chi connectivity index (χ2v) is 3.24. The third-order valence-electron chi connectivity index (χ3n) is 2.41. The molecule has 72 valence electrons. The molecule has 0 spiro atoms. The molecule has 0 bridgehead atoms. The number of nitrogens with one attached hydrogen (secondary N) is 2. The van der Waals surface area contributed by atoms with Crippen molar-refractivity contribution < 1.29 is 4.52 Å². The number of hydrogen-bond acceptors (Lipinski definition) is 5. The van der Waals surface area contributed by atoms with Crippen LogP contribution in [0.1, 0.15) is 23.3 Å². The van der Waals surface area contributed by atoms with Gasteiger partial charge in [0.1, 0.15) is 0 Å². The average Bonchev–Trinajstić information content (AvgIpc) is 2.88. The summed E-state index contributed by atoms with van der Waals surface area (Å²) in [4.78, 5) is 11.3. The molecule has 3 heterocycles. The highest BCUT2D eigenvalue weighted by Crippen LogP contribution is 2.21. The molecule has 0 saturated carbocycles. The van der Waals surface area contributed by atoms with Crippen LogP contribution < -0.4 is 5.32 Å². The third-order valence-corrected chi connectivity index (χ3v) is 2.41. The van der Waals surface area contributed by atoms with Crippen molar-refractivity contribution in [1.82, 2.24) is 25.4 Å². The second kappa shape index (κ2) is 2.91. The molecule has 0 saturated heterocycles. The van der Waals surface area contributed by atoms with E-state index in [9.17, 15) is 0 Å². The van der Waals surface area contributed by atoms with Gasteiger partial charge in [-0.25, -0.2) is 4.98 Å². The summed E-state index contributed by atoms with van der Waals surface area (Å²) in [5.74, 6) is 0.624. The molecule has 6 nitrogen and oxygen atoms in total. The lowest BCUT2D eigenvalue weighted by Gasteiger charge is -2.19. The molecule has 1 unspecified atom stereocenters. The molecule has 2 aromatic heterocycles. The topological polar surface area (TPSA) is 79.6 Å². The Bertz CT molecular complexity index is 421. The minimum atomic E-state index is 0.0910. The summed E-state index contributed by atoms with van der Waals surface area (Å²) in [6.07, 6.45) is 3.92. The molecule has 0 amide bonds. The summed E-state index contributed by atoms with van der Waals surface area (Å²) in [6, 6.07) is 0.0910. The van der Waals surface area contributed by atoms with Crippen molar-refractivity contribution in [3.63, 3.8) is 0 Å². The van der Waals surface area contributed by atoms with E-state index >= 15 is 0 Å². The van der Waals surface area contributed by atoms with Gasteiger partial charge >= 0.3 is 0 Å². The van der Waals surface area contributed by atoms with E-state index in [4.69, 9.17) is 4.52 Å². The number of nitrogens with zero attached hydrogens (tertiary/aromatic N) is 3. The maximum Gasteiger partial charge on any atom is 0.243 e. The summed E-state index contributed by atoms with van der Waals surface area (Å²) < 4.78 is 5.00. The number of imidazole rings is 1. The monoisotopic (exact) mass is 191 g/mol. The summed E-state index contributed by atoms with van der Waals surface area (Å²) in [7, 11) is 0. The Balaban J connectivity index is 1.88. The summed E-state index contributed by atoms with van der Waals surface area (Å²) in [5.41, 5.74) is 2.22. The van der Waals surface area contributed by atoms with E-state index in [1.165, 1.54) is 6.33 Å². The minimum absolute atomic E-state index is 0.0910. The standard InChI is InChI=1S/C8H9N5O/c1-5-7(11-3-10-5)2-9-6(1)8-12-4-13-14-8/h3-4,6,9H,1-2H2,(H,10,11). The lowest BCUT2D eigenvalue weighted by molar-refractivity contribution is 0.319. The van der Waals surface area contributed by atoms with Crippen molar-refractivity contribution >= 4 is 0 Å². The van der Waals surface area contributed by atoms with E-state index < -0.39 is 0 Å². The smallest absolute Gasteiger partial charge is 0.243 e. The highest BCUT2D eigenvalue weighted by molar-refractivity contribution is 5.17. The van der Waals surface area contributed by atoms with Gasteiger partial charge in [0.15, 0.2) is 6.33 Å². The van der Waals surface area contributed by atoms with Gasteiger partial charge in [0.05, 0.1) is 23.8 Å². The molecule has 2 N–H and O–H groups in total. The van der Waals surface area contributed by atoms with Crippen LogP contribution in [0.4, 0.5) is 0 Å². The molecule has 1 aliphatic heterocycles. The first-order chi connectivity index (χ1) is 6.93. The molecular weight excluding hydrogens is 182 g/mol. The van der Waals surface area contributed by atoms with Crippen LogP contribution in [0.2, 0.25) is 0 Å². The van der Waals surface area contributed by atoms with Crippen molar-refractivity contribution in [2.24, 2.45) is 0 Å². The second-order valence-electron chi connectivity index (χ2n) is 3.24. The Hall–Kier alpha value is -1.69. The lowest BCUT2D eigenvalue weighted by atomic mass is 10.1. The summed E-state index contributed by atoms with van der Waals surface area (Å²) in [6.45, 7) is 0.766. The maximum atomic E-state index is 5.00. The van der Waals surface area contributed by atoms with Crippen LogP contribution in [-0.2, 0) is 13.0 Å². The lowest BCUT2D eigenvalue weighted by Crippen LogP contribution is -2.28. The van der Waals surface area contributed by atoms with Crippen molar-refractivity contribution in [1.29, 1.82) is 0 Å². The fourth-order valence-electron chi connectivity index (χ4n) is 1.68. The van der Waals surface area contributed by atoms with E-state index in [-0.39, 0.29) is 6.04 Å². The van der Waals surface area contributed by atoms with Crippen molar-refractivity contribution in [2.75, 3.05) is 0 Å². The molecule has 1 aliphatic rings. The Labute approximate surface area is 79.7 Å². The number of fused-ring (bicyclic) bond motifs is 1. The van der Waals surface area contributed by atoms with Gasteiger partial charge in [0.25, 0.3) is 0 Å². The molecule has 0 aliphatic carbocycles. The fraction of sp³-hybridized carbons (Fsp3) is 0.375. The molecule has 0 radical (unpaired) electrons. The van der Waals surface area contributed by atoms with Gasteiger partial charge in [-0.05, 0) is 0 Å². The van der Waals surface area contributed by atoms with Crippen molar-refractivity contribution in [3.8, 4) is 0 Å². The zero-order valence-electron chi connectivity index (χ0n) is 7.40. The maximum absolute atomic E-state index is 5.00. The van der Waals surface area contributed by atoms with Crippen LogP contribution in [0.5, 0.6) is 0 Å². The van der Waals surface area contributed by atoms with Gasteiger partial charge in [-0.1, -0.05) is 5.16 Å². The van der Waals surface area contributed by atoms with Gasteiger partial charge < -0.3 is 9.51 Å².